The van der Waals surface area contributed by atoms with Crippen molar-refractivity contribution in [2.45, 2.75) is 241 Å². The molecule has 1 aromatic rings. The fourth-order valence-corrected chi connectivity index (χ4v) is 14.8. The predicted octanol–water partition coefficient (Wildman–Crippen LogP) is 5.47. The molecule has 7 fully saturated rings. The van der Waals surface area contributed by atoms with Crippen molar-refractivity contribution in [3.8, 4) is 0 Å². The molecule has 0 spiro atoms. The summed E-state index contributed by atoms with van der Waals surface area (Å²) in [5.41, 5.74) is -3.05. The van der Waals surface area contributed by atoms with Gasteiger partial charge in [-0.3, -0.25) is 4.79 Å². The summed E-state index contributed by atoms with van der Waals surface area (Å²) in [4.78, 5) is 26.8. The van der Waals surface area contributed by atoms with Crippen LogP contribution in [0.25, 0.3) is 6.08 Å². The standard InChI is InChI=1S/C57H84O18/c1-30(58)38-20-23-57(63)55(38,7)44(72-45(60)17-16-35-14-12-11-13-15-35)29-43-54(6)21-19-37(24-36(54)18-22-56(43,57)62)71-47-27-41(65-9)52(33(4)69-47)74-46-25-39(59)51(32(3)68-46)73-49-28-42(66-10)53(34(5)70-49)75-48-26-40(64-8)50(61)31(2)67-48/h11-18,31-34,37-44,46-53,59,61-63H,19-29H2,1-10H3/b17-16+/t31-,32-,33-,34-,37+,38+,39+,40+,41+,42-,43-,44-,46+,47+,48+,49+,50-,51-,52-,53-,54+,55+,56+,57-/m1/s1. The number of methoxy groups -OCH3 is 3. The highest BCUT2D eigenvalue weighted by Gasteiger charge is 2.77. The van der Waals surface area contributed by atoms with E-state index >= 15 is 0 Å². The van der Waals surface area contributed by atoms with Gasteiger partial charge in [0.05, 0.1) is 54.9 Å². The highest BCUT2D eigenvalue weighted by Crippen LogP contribution is 2.70. The van der Waals surface area contributed by atoms with E-state index in [1.54, 1.807) is 34.3 Å². The normalized spacial score (nSPS) is 48.1. The first-order valence-corrected chi connectivity index (χ1v) is 27.4. The Morgan fingerprint density at radius 1 is 0.680 bits per heavy atom. The molecule has 18 heteroatoms. The summed E-state index contributed by atoms with van der Waals surface area (Å²) in [5.74, 6) is -1.71. The number of carbonyl (C=O) groups excluding carboxylic acids is 2. The van der Waals surface area contributed by atoms with E-state index in [4.69, 9.17) is 56.8 Å². The van der Waals surface area contributed by atoms with Gasteiger partial charge in [0.15, 0.2) is 25.2 Å². The monoisotopic (exact) mass is 1060 g/mol. The zero-order valence-corrected chi connectivity index (χ0v) is 45.4. The SMILES string of the molecule is CO[C@H]1C[C@H](O[C@@H]2[C@@H](C)O[C@@H](O[C@H]3[C@@H](O)C[C@H](O[C@H]4[C@@H](OC)C[C@H](O[C@H]5CC[C@@]6(C)C(=CC[C@]7(O)[C@@H]6C[C@@H](OC(=O)/C=C/c6ccccc6)[C@]6(C)[C@H](C(C)=O)CC[C@@]67O)C5)O[C@@H]4C)O[C@@H]3C)C[C@H]2OC)O[C@H](C)[C@H]1O. The Balaban J connectivity index is 0.793. The van der Waals surface area contributed by atoms with Crippen LogP contribution in [-0.2, 0) is 66.4 Å². The van der Waals surface area contributed by atoms with E-state index < -0.39 is 144 Å². The van der Waals surface area contributed by atoms with Crippen molar-refractivity contribution in [3.63, 3.8) is 0 Å². The molecule has 9 rings (SSSR count). The van der Waals surface area contributed by atoms with Crippen molar-refractivity contribution < 1.29 is 86.9 Å². The largest absolute Gasteiger partial charge is 0.458 e. The van der Waals surface area contributed by atoms with Gasteiger partial charge in [0.1, 0.15) is 47.5 Å². The van der Waals surface area contributed by atoms with Crippen LogP contribution in [-0.4, -0.2) is 175 Å². The molecule has 1 aromatic carbocycles. The molecule has 0 unspecified atom stereocenters. The molecular formula is C57H84O18. The van der Waals surface area contributed by atoms with Crippen molar-refractivity contribution in [1.29, 1.82) is 0 Å². The van der Waals surface area contributed by atoms with Crippen LogP contribution >= 0.6 is 0 Å². The number of aliphatic hydroxyl groups excluding tert-OH is 2. The second-order valence-corrected chi connectivity index (χ2v) is 23.3. The van der Waals surface area contributed by atoms with Crippen molar-refractivity contribution in [2.75, 3.05) is 21.3 Å². The fraction of sp³-hybridized carbons (Fsp3) is 0.789. The van der Waals surface area contributed by atoms with Gasteiger partial charge in [-0.05, 0) is 96.6 Å². The van der Waals surface area contributed by atoms with E-state index in [-0.39, 0.29) is 37.6 Å². The molecule has 420 valence electrons. The number of hydrogen-bond donors (Lipinski definition) is 4. The van der Waals surface area contributed by atoms with Gasteiger partial charge in [0, 0.05) is 70.3 Å². The first-order chi connectivity index (χ1) is 35.7. The third-order valence-electron chi connectivity index (χ3n) is 19.1. The molecule has 0 bridgehead atoms. The lowest BCUT2D eigenvalue weighted by molar-refractivity contribution is -0.346. The number of rotatable bonds is 15. The van der Waals surface area contributed by atoms with E-state index in [2.05, 4.69) is 13.0 Å². The average molecular weight is 1060 g/mol. The molecule has 75 heavy (non-hydrogen) atoms. The summed E-state index contributed by atoms with van der Waals surface area (Å²) in [5, 5.41) is 47.9. The fourth-order valence-electron chi connectivity index (χ4n) is 14.8. The molecule has 4 N–H and O–H groups in total. The first kappa shape index (κ1) is 56.9. The summed E-state index contributed by atoms with van der Waals surface area (Å²) in [6.07, 6.45) is -1.09. The van der Waals surface area contributed by atoms with Gasteiger partial charge < -0.3 is 77.3 Å². The highest BCUT2D eigenvalue weighted by molar-refractivity contribution is 5.87. The number of ether oxygens (including phenoxy) is 12. The number of esters is 1. The summed E-state index contributed by atoms with van der Waals surface area (Å²) >= 11 is 0. The molecular weight excluding hydrogens is 973 g/mol. The van der Waals surface area contributed by atoms with Crippen LogP contribution in [0.5, 0.6) is 0 Å². The number of ketones is 1. The molecule has 3 saturated carbocycles. The minimum atomic E-state index is -1.69. The summed E-state index contributed by atoms with van der Waals surface area (Å²) in [6, 6.07) is 9.45. The highest BCUT2D eigenvalue weighted by atomic mass is 16.8. The molecule has 4 aliphatic carbocycles. The molecule has 4 heterocycles. The Bertz CT molecular complexity index is 2180. The Morgan fingerprint density at radius 2 is 1.23 bits per heavy atom. The lowest BCUT2D eigenvalue weighted by Gasteiger charge is -2.66. The summed E-state index contributed by atoms with van der Waals surface area (Å²) in [7, 11) is 4.79. The van der Waals surface area contributed by atoms with Crippen LogP contribution in [0.1, 0.15) is 125 Å². The second kappa shape index (κ2) is 22.8. The van der Waals surface area contributed by atoms with E-state index in [9.17, 15) is 30.0 Å². The third-order valence-corrected chi connectivity index (χ3v) is 19.1. The van der Waals surface area contributed by atoms with Crippen molar-refractivity contribution in [2.24, 2.45) is 22.7 Å². The van der Waals surface area contributed by atoms with Gasteiger partial charge in [-0.15, -0.1) is 0 Å². The molecule has 4 saturated heterocycles. The van der Waals surface area contributed by atoms with Crippen LogP contribution in [0.15, 0.2) is 48.1 Å². The number of carbonyl (C=O) groups is 2. The number of benzene rings is 1. The minimum absolute atomic E-state index is 0.0923. The quantitative estimate of drug-likeness (QED) is 0.0971. The van der Waals surface area contributed by atoms with Gasteiger partial charge in [-0.2, -0.15) is 0 Å². The number of Topliss-reactive ketones (excluding diaryl/α,β-unsaturated/α-hetero) is 1. The first-order valence-electron chi connectivity index (χ1n) is 27.4. The molecule has 4 aliphatic heterocycles. The molecule has 0 amide bonds. The maximum Gasteiger partial charge on any atom is 0.331 e. The Labute approximate surface area is 441 Å². The van der Waals surface area contributed by atoms with Gasteiger partial charge >= 0.3 is 5.97 Å². The molecule has 0 radical (unpaired) electrons. The zero-order valence-electron chi connectivity index (χ0n) is 45.4. The van der Waals surface area contributed by atoms with Crippen LogP contribution in [0.4, 0.5) is 0 Å². The Morgan fingerprint density at radius 3 is 1.81 bits per heavy atom. The van der Waals surface area contributed by atoms with E-state index in [0.717, 1.165) is 11.1 Å². The van der Waals surface area contributed by atoms with Crippen LogP contribution in [0, 0.1) is 22.7 Å². The minimum Gasteiger partial charge on any atom is -0.458 e. The third kappa shape index (κ3) is 10.8. The van der Waals surface area contributed by atoms with Gasteiger partial charge in [0.25, 0.3) is 0 Å². The zero-order chi connectivity index (χ0) is 53.8. The lowest BCUT2D eigenvalue weighted by Crippen LogP contribution is -2.75. The average Bonchev–Trinajstić information content (AvgIpc) is 3.68. The molecule has 24 atom stereocenters. The topological polar surface area (TPSA) is 226 Å². The van der Waals surface area contributed by atoms with Crippen LogP contribution in [0.2, 0.25) is 0 Å². The maximum atomic E-state index is 13.6. The number of aliphatic hydroxyl groups is 4. The lowest BCUT2D eigenvalue weighted by atomic mass is 9.43. The second-order valence-electron chi connectivity index (χ2n) is 23.3. The Kier molecular flexibility index (Phi) is 17.3. The van der Waals surface area contributed by atoms with Crippen LogP contribution in [0.3, 0.4) is 0 Å². The van der Waals surface area contributed by atoms with Crippen molar-refractivity contribution >= 4 is 17.8 Å². The van der Waals surface area contributed by atoms with E-state index in [1.165, 1.54) is 13.0 Å². The van der Waals surface area contributed by atoms with Crippen LogP contribution < -0.4 is 0 Å². The van der Waals surface area contributed by atoms with Gasteiger partial charge in [-0.25, -0.2) is 4.79 Å². The number of hydrogen-bond acceptors (Lipinski definition) is 18. The smallest absolute Gasteiger partial charge is 0.331 e. The van der Waals surface area contributed by atoms with E-state index in [1.807, 2.05) is 58.0 Å². The Hall–Kier alpha value is -2.76. The molecule has 8 aliphatic rings. The summed E-state index contributed by atoms with van der Waals surface area (Å²) in [6.45, 7) is 12.9. The van der Waals surface area contributed by atoms with Gasteiger partial charge in [-0.1, -0.05) is 55.8 Å². The van der Waals surface area contributed by atoms with E-state index in [0.29, 0.717) is 44.9 Å². The number of fused-ring (bicyclic) bond motifs is 5. The van der Waals surface area contributed by atoms with Crippen molar-refractivity contribution in [1.82, 2.24) is 0 Å². The van der Waals surface area contributed by atoms with Gasteiger partial charge in [0.2, 0.25) is 0 Å². The predicted molar refractivity (Wildman–Crippen MR) is 269 cm³/mol. The maximum absolute atomic E-state index is 13.6. The summed E-state index contributed by atoms with van der Waals surface area (Å²) < 4.78 is 74.8. The molecule has 0 aromatic heterocycles. The molecule has 18 nitrogen and oxygen atoms in total. The van der Waals surface area contributed by atoms with Crippen molar-refractivity contribution in [3.05, 3.63) is 53.6 Å².